The SMILES string of the molecule is COc1cc(CC2N=C3Oc4c(cc5c(c4C)OCO5)C=C3N(Cc3ccccc3)C2=O)c(OC)c(C)c1OC. The molecule has 40 heavy (non-hydrogen) atoms. The Bertz CT molecular complexity index is 1560. The van der Waals surface area contributed by atoms with E-state index in [1.165, 1.54) is 0 Å². The first-order chi connectivity index (χ1) is 19.4. The van der Waals surface area contributed by atoms with Crippen molar-refractivity contribution in [3.8, 4) is 34.5 Å². The largest absolute Gasteiger partial charge is 0.496 e. The fourth-order valence-electron chi connectivity index (χ4n) is 5.53. The molecule has 0 saturated heterocycles. The zero-order valence-corrected chi connectivity index (χ0v) is 23.1. The summed E-state index contributed by atoms with van der Waals surface area (Å²) < 4.78 is 34.6. The number of rotatable bonds is 7. The number of nitrogens with zero attached hydrogens (tertiary/aromatic N) is 2. The fraction of sp³-hybridized carbons (Fsp3) is 0.290. The van der Waals surface area contributed by atoms with E-state index in [0.717, 1.165) is 27.8 Å². The van der Waals surface area contributed by atoms with Crippen molar-refractivity contribution >= 4 is 17.9 Å². The lowest BCUT2D eigenvalue weighted by atomic mass is 9.97. The van der Waals surface area contributed by atoms with E-state index < -0.39 is 6.04 Å². The Balaban J connectivity index is 1.45. The van der Waals surface area contributed by atoms with Gasteiger partial charge in [-0.3, -0.25) is 4.79 Å². The number of methoxy groups -OCH3 is 3. The number of amides is 1. The lowest BCUT2D eigenvalue weighted by Crippen LogP contribution is -2.47. The predicted molar refractivity (Wildman–Crippen MR) is 149 cm³/mol. The Morgan fingerprint density at radius 2 is 1.73 bits per heavy atom. The molecule has 3 aromatic rings. The van der Waals surface area contributed by atoms with Crippen molar-refractivity contribution in [1.29, 1.82) is 0 Å². The topological polar surface area (TPSA) is 88.1 Å². The second-order valence-corrected chi connectivity index (χ2v) is 9.78. The smallest absolute Gasteiger partial charge is 0.252 e. The molecule has 1 atom stereocenters. The summed E-state index contributed by atoms with van der Waals surface area (Å²) in [6.07, 6.45) is 2.21. The van der Waals surface area contributed by atoms with Gasteiger partial charge in [0.1, 0.15) is 23.2 Å². The maximum atomic E-state index is 14.1. The lowest BCUT2D eigenvalue weighted by molar-refractivity contribution is -0.131. The Labute approximate surface area is 232 Å². The van der Waals surface area contributed by atoms with Gasteiger partial charge in [0.2, 0.25) is 12.7 Å². The van der Waals surface area contributed by atoms with Gasteiger partial charge < -0.3 is 33.3 Å². The molecule has 3 aromatic carbocycles. The van der Waals surface area contributed by atoms with Crippen molar-refractivity contribution in [1.82, 2.24) is 4.90 Å². The maximum absolute atomic E-state index is 14.1. The summed E-state index contributed by atoms with van der Waals surface area (Å²) in [6.45, 7) is 4.35. The zero-order valence-electron chi connectivity index (χ0n) is 23.1. The third-order valence-electron chi connectivity index (χ3n) is 7.42. The van der Waals surface area contributed by atoms with Crippen LogP contribution in [0, 0.1) is 13.8 Å². The predicted octanol–water partition coefficient (Wildman–Crippen LogP) is 4.84. The highest BCUT2D eigenvalue weighted by molar-refractivity contribution is 6.09. The molecule has 206 valence electrons. The average molecular weight is 543 g/mol. The molecule has 3 aliphatic heterocycles. The molecule has 0 radical (unpaired) electrons. The molecule has 3 aliphatic rings. The van der Waals surface area contributed by atoms with Crippen LogP contribution in [-0.2, 0) is 17.8 Å². The minimum absolute atomic E-state index is 0.141. The van der Waals surface area contributed by atoms with E-state index in [0.29, 0.717) is 52.6 Å². The highest BCUT2D eigenvalue weighted by atomic mass is 16.7. The number of hydrogen-bond acceptors (Lipinski definition) is 8. The van der Waals surface area contributed by atoms with Crippen LogP contribution < -0.4 is 28.4 Å². The first-order valence-corrected chi connectivity index (χ1v) is 13.0. The summed E-state index contributed by atoms with van der Waals surface area (Å²) in [6, 6.07) is 12.8. The molecule has 0 aromatic heterocycles. The third kappa shape index (κ3) is 4.18. The van der Waals surface area contributed by atoms with E-state index in [1.54, 1.807) is 26.2 Å². The van der Waals surface area contributed by atoms with Crippen LogP contribution in [-0.4, -0.2) is 50.9 Å². The van der Waals surface area contributed by atoms with Gasteiger partial charge in [-0.05, 0) is 37.6 Å². The van der Waals surface area contributed by atoms with E-state index >= 15 is 0 Å². The minimum atomic E-state index is -0.752. The summed E-state index contributed by atoms with van der Waals surface area (Å²) in [5.41, 5.74) is 4.78. The van der Waals surface area contributed by atoms with Crippen molar-refractivity contribution in [2.24, 2.45) is 4.99 Å². The van der Waals surface area contributed by atoms with Gasteiger partial charge in [0.15, 0.2) is 23.0 Å². The molecule has 9 heteroatoms. The van der Waals surface area contributed by atoms with Gasteiger partial charge in [-0.25, -0.2) is 4.99 Å². The number of carbonyl (C=O) groups is 1. The Hall–Kier alpha value is -4.66. The second-order valence-electron chi connectivity index (χ2n) is 9.78. The van der Waals surface area contributed by atoms with Gasteiger partial charge in [-0.15, -0.1) is 0 Å². The molecule has 1 amide bonds. The van der Waals surface area contributed by atoms with E-state index in [-0.39, 0.29) is 19.1 Å². The summed E-state index contributed by atoms with van der Waals surface area (Å²) in [5, 5.41) is 0. The molecule has 0 spiro atoms. The zero-order chi connectivity index (χ0) is 28.0. The standard InChI is InChI=1S/C31H30N2O7/c1-17-26(36-4)20(13-24(35-3)28(17)37-5)11-22-31(34)33(15-19-9-7-6-8-10-19)23-12-21-14-25-29(39-16-38-25)18(2)27(21)40-30(23)32-22/h6-10,12-14,22H,11,15-16H2,1-5H3. The van der Waals surface area contributed by atoms with Gasteiger partial charge in [0, 0.05) is 28.7 Å². The van der Waals surface area contributed by atoms with Crippen molar-refractivity contribution < 1.29 is 33.2 Å². The number of fused-ring (bicyclic) bond motifs is 3. The molecule has 0 aliphatic carbocycles. The van der Waals surface area contributed by atoms with Crippen LogP contribution in [0.25, 0.3) is 6.08 Å². The molecular weight excluding hydrogens is 512 g/mol. The van der Waals surface area contributed by atoms with Crippen LogP contribution in [0.1, 0.15) is 27.8 Å². The monoisotopic (exact) mass is 542 g/mol. The quantitative estimate of drug-likeness (QED) is 0.422. The maximum Gasteiger partial charge on any atom is 0.252 e. The lowest BCUT2D eigenvalue weighted by Gasteiger charge is -2.35. The van der Waals surface area contributed by atoms with E-state index in [4.69, 9.17) is 33.4 Å². The normalized spacial score (nSPS) is 16.9. The summed E-state index contributed by atoms with van der Waals surface area (Å²) in [7, 11) is 4.77. The van der Waals surface area contributed by atoms with Gasteiger partial charge in [0.25, 0.3) is 5.91 Å². The van der Waals surface area contributed by atoms with E-state index in [2.05, 4.69) is 0 Å². The molecule has 1 unspecified atom stereocenters. The van der Waals surface area contributed by atoms with E-state index in [9.17, 15) is 4.79 Å². The fourth-order valence-corrected chi connectivity index (χ4v) is 5.53. The number of carbonyl (C=O) groups excluding carboxylic acids is 1. The van der Waals surface area contributed by atoms with Crippen LogP contribution in [0.5, 0.6) is 34.5 Å². The van der Waals surface area contributed by atoms with Crippen LogP contribution in [0.2, 0.25) is 0 Å². The average Bonchev–Trinajstić information content (AvgIpc) is 3.44. The van der Waals surface area contributed by atoms with Gasteiger partial charge in [0.05, 0.1) is 27.9 Å². The molecule has 0 fully saturated rings. The minimum Gasteiger partial charge on any atom is -0.496 e. The first kappa shape index (κ1) is 25.6. The Morgan fingerprint density at radius 1 is 0.950 bits per heavy atom. The summed E-state index contributed by atoms with van der Waals surface area (Å²) in [5.74, 6) is 3.96. The Kier molecular flexibility index (Phi) is 6.50. The number of hydrogen-bond donors (Lipinski definition) is 0. The molecule has 0 saturated carbocycles. The molecule has 0 N–H and O–H groups in total. The van der Waals surface area contributed by atoms with Gasteiger partial charge in [-0.1, -0.05) is 30.3 Å². The van der Waals surface area contributed by atoms with Gasteiger partial charge >= 0.3 is 0 Å². The van der Waals surface area contributed by atoms with Crippen molar-refractivity contribution in [2.45, 2.75) is 32.9 Å². The molecule has 0 bridgehead atoms. The van der Waals surface area contributed by atoms with E-state index in [1.807, 2.05) is 62.4 Å². The van der Waals surface area contributed by atoms with Crippen LogP contribution >= 0.6 is 0 Å². The molecule has 6 rings (SSSR count). The second kappa shape index (κ2) is 10.1. The molecule has 9 nitrogen and oxygen atoms in total. The number of ether oxygens (including phenoxy) is 6. The van der Waals surface area contributed by atoms with Crippen molar-refractivity contribution in [2.75, 3.05) is 28.1 Å². The molecule has 3 heterocycles. The first-order valence-electron chi connectivity index (χ1n) is 13.0. The Morgan fingerprint density at radius 3 is 2.45 bits per heavy atom. The van der Waals surface area contributed by atoms with Crippen LogP contribution in [0.3, 0.4) is 0 Å². The summed E-state index contributed by atoms with van der Waals surface area (Å²) in [4.78, 5) is 20.7. The highest BCUT2D eigenvalue weighted by Gasteiger charge is 2.39. The van der Waals surface area contributed by atoms with Gasteiger partial charge in [-0.2, -0.15) is 0 Å². The number of benzene rings is 3. The van der Waals surface area contributed by atoms with Crippen molar-refractivity contribution in [3.05, 3.63) is 76.0 Å². The van der Waals surface area contributed by atoms with Crippen molar-refractivity contribution in [3.63, 3.8) is 0 Å². The highest BCUT2D eigenvalue weighted by Crippen LogP contribution is 2.46. The third-order valence-corrected chi connectivity index (χ3v) is 7.42. The van der Waals surface area contributed by atoms with Crippen LogP contribution in [0.4, 0.5) is 0 Å². The van der Waals surface area contributed by atoms with Crippen LogP contribution in [0.15, 0.2) is 53.2 Å². The summed E-state index contributed by atoms with van der Waals surface area (Å²) >= 11 is 0. The molecular formula is C31H30N2O7. The number of aliphatic imine (C=N–C) groups is 1.